The first-order valence-electron chi connectivity index (χ1n) is 10.6. The van der Waals surface area contributed by atoms with Crippen LogP contribution in [-0.4, -0.2) is 27.7 Å². The minimum Gasteiger partial charge on any atom is -0.379 e. The van der Waals surface area contributed by atoms with Crippen LogP contribution in [0.5, 0.6) is 5.75 Å². The molecule has 0 fully saturated rings. The fraction of sp³-hybridized carbons (Fsp3) is 0.250. The Morgan fingerprint density at radius 3 is 2.14 bits per heavy atom. The van der Waals surface area contributed by atoms with Crippen LogP contribution in [-0.2, 0) is 32.9 Å². The zero-order valence-electron chi connectivity index (χ0n) is 19.2. The van der Waals surface area contributed by atoms with E-state index in [1.54, 1.807) is 6.07 Å². The maximum absolute atomic E-state index is 13.3. The molecule has 3 aromatic carbocycles. The molecule has 0 aliphatic heterocycles. The lowest BCUT2D eigenvalue weighted by Crippen LogP contribution is -2.33. The highest BCUT2D eigenvalue weighted by molar-refractivity contribution is 7.89. The van der Waals surface area contributed by atoms with Crippen LogP contribution in [0.15, 0.2) is 82.6 Å². The number of benzene rings is 3. The van der Waals surface area contributed by atoms with Gasteiger partial charge in [-0.15, -0.1) is 0 Å². The van der Waals surface area contributed by atoms with E-state index >= 15 is 0 Å². The number of rotatable bonds is 9. The minimum atomic E-state index is -4.72. The van der Waals surface area contributed by atoms with Gasteiger partial charge < -0.3 is 4.18 Å². The molecule has 36 heavy (non-hydrogen) atoms. The molecule has 0 heterocycles. The van der Waals surface area contributed by atoms with Crippen molar-refractivity contribution in [2.24, 2.45) is 5.92 Å². The number of nitrogens with zero attached hydrogens (tertiary/aromatic N) is 1. The zero-order valence-corrected chi connectivity index (χ0v) is 21.6. The van der Waals surface area contributed by atoms with E-state index in [1.807, 2.05) is 13.8 Å². The molecule has 0 aliphatic rings. The lowest BCUT2D eigenvalue weighted by molar-refractivity contribution is -0.137. The second kappa shape index (κ2) is 10.8. The van der Waals surface area contributed by atoms with Crippen molar-refractivity contribution >= 4 is 31.7 Å². The molecule has 0 aromatic heterocycles. The molecule has 0 N–H and O–H groups in total. The number of sulfonamides is 1. The van der Waals surface area contributed by atoms with Crippen molar-refractivity contribution in [2.75, 3.05) is 6.54 Å². The van der Waals surface area contributed by atoms with Crippen molar-refractivity contribution in [3.63, 3.8) is 0 Å². The number of halogens is 4. The summed E-state index contributed by atoms with van der Waals surface area (Å²) in [6.07, 6.45) is -4.72. The van der Waals surface area contributed by atoms with Crippen LogP contribution in [0, 0.1) is 5.92 Å². The Morgan fingerprint density at radius 1 is 0.889 bits per heavy atom. The fourth-order valence-electron chi connectivity index (χ4n) is 3.31. The van der Waals surface area contributed by atoms with Crippen LogP contribution < -0.4 is 4.18 Å². The molecule has 3 rings (SSSR count). The molecule has 0 unspecified atom stereocenters. The Kier molecular flexibility index (Phi) is 8.39. The smallest absolute Gasteiger partial charge is 0.379 e. The molecule has 6 nitrogen and oxygen atoms in total. The average molecular weight is 562 g/mol. The molecule has 12 heteroatoms. The van der Waals surface area contributed by atoms with Crippen LogP contribution in [0.25, 0.3) is 0 Å². The molecule has 0 spiro atoms. The van der Waals surface area contributed by atoms with E-state index in [4.69, 9.17) is 15.8 Å². The summed E-state index contributed by atoms with van der Waals surface area (Å²) in [6.45, 7) is 3.79. The molecule has 3 aromatic rings. The zero-order chi connectivity index (χ0) is 26.7. The summed E-state index contributed by atoms with van der Waals surface area (Å²) < 4.78 is 97.1. The quantitative estimate of drug-likeness (QED) is 0.301. The summed E-state index contributed by atoms with van der Waals surface area (Å²) in [5.74, 6) is -0.189. The van der Waals surface area contributed by atoms with Gasteiger partial charge in [0, 0.05) is 18.1 Å². The van der Waals surface area contributed by atoms with Crippen molar-refractivity contribution < 1.29 is 34.2 Å². The first kappa shape index (κ1) is 28.0. The van der Waals surface area contributed by atoms with Crippen molar-refractivity contribution in [1.29, 1.82) is 0 Å². The van der Waals surface area contributed by atoms with Gasteiger partial charge in [-0.05, 0) is 66.1 Å². The van der Waals surface area contributed by atoms with Crippen LogP contribution in [0.2, 0.25) is 5.02 Å². The largest absolute Gasteiger partial charge is 0.416 e. The van der Waals surface area contributed by atoms with Crippen molar-refractivity contribution in [3.8, 4) is 5.75 Å². The normalized spacial score (nSPS) is 12.8. The van der Waals surface area contributed by atoms with Gasteiger partial charge in [-0.3, -0.25) is 0 Å². The molecule has 0 radical (unpaired) electrons. The van der Waals surface area contributed by atoms with E-state index in [1.165, 1.54) is 46.8 Å². The van der Waals surface area contributed by atoms with Crippen LogP contribution in [0.1, 0.15) is 25.0 Å². The van der Waals surface area contributed by atoms with Crippen LogP contribution in [0.4, 0.5) is 13.2 Å². The van der Waals surface area contributed by atoms with Gasteiger partial charge in [0.1, 0.15) is 10.6 Å². The maximum Gasteiger partial charge on any atom is 0.416 e. The maximum atomic E-state index is 13.3. The topological polar surface area (TPSA) is 80.8 Å². The third-order valence-corrected chi connectivity index (χ3v) is 8.25. The summed E-state index contributed by atoms with van der Waals surface area (Å²) in [4.78, 5) is -0.610. The Morgan fingerprint density at radius 2 is 1.53 bits per heavy atom. The molecule has 0 amide bonds. The van der Waals surface area contributed by atoms with E-state index in [0.29, 0.717) is 16.7 Å². The first-order chi connectivity index (χ1) is 16.7. The first-order valence-corrected chi connectivity index (χ1v) is 13.9. The Hall–Kier alpha value is -2.60. The molecular formula is C24H23ClF3NO5S2. The Balaban J connectivity index is 1.88. The highest BCUT2D eigenvalue weighted by Crippen LogP contribution is 2.31. The summed E-state index contributed by atoms with van der Waals surface area (Å²) >= 11 is 5.87. The molecule has 0 saturated carbocycles. The van der Waals surface area contributed by atoms with Crippen molar-refractivity contribution in [1.82, 2.24) is 4.31 Å². The predicted octanol–water partition coefficient (Wildman–Crippen LogP) is 5.97. The molecule has 0 atom stereocenters. The van der Waals surface area contributed by atoms with Gasteiger partial charge in [0.15, 0.2) is 0 Å². The summed E-state index contributed by atoms with van der Waals surface area (Å²) in [6, 6.07) is 14.6. The third-order valence-electron chi connectivity index (χ3n) is 4.93. The summed E-state index contributed by atoms with van der Waals surface area (Å²) in [5, 5.41) is 0.385. The average Bonchev–Trinajstić information content (AvgIpc) is 2.78. The molecule has 0 bridgehead atoms. The predicted molar refractivity (Wildman–Crippen MR) is 130 cm³/mol. The number of hydrogen-bond acceptors (Lipinski definition) is 5. The second-order valence-corrected chi connectivity index (χ2v) is 12.3. The van der Waals surface area contributed by atoms with E-state index in [9.17, 15) is 30.0 Å². The molecule has 0 saturated heterocycles. The Labute approximate surface area is 213 Å². The van der Waals surface area contributed by atoms with Gasteiger partial charge in [-0.1, -0.05) is 43.6 Å². The van der Waals surface area contributed by atoms with Gasteiger partial charge in [-0.2, -0.15) is 25.9 Å². The molecule has 0 aliphatic carbocycles. The van der Waals surface area contributed by atoms with Crippen LogP contribution >= 0.6 is 11.6 Å². The highest BCUT2D eigenvalue weighted by Gasteiger charge is 2.32. The molecular weight excluding hydrogens is 539 g/mol. The number of hydrogen-bond donors (Lipinski definition) is 0. The lowest BCUT2D eigenvalue weighted by Gasteiger charge is -2.24. The SMILES string of the molecule is CC(C)CN(Cc1cccc(OS(=O)(=O)c2cccc(C(F)(F)F)c2)c1)S(=O)(=O)c1ccc(Cl)cc1. The minimum absolute atomic E-state index is 0.0206. The van der Waals surface area contributed by atoms with Gasteiger partial charge in [0.05, 0.1) is 10.5 Å². The Bertz CT molecular complexity index is 1420. The van der Waals surface area contributed by atoms with E-state index in [-0.39, 0.29) is 29.7 Å². The molecule has 194 valence electrons. The lowest BCUT2D eigenvalue weighted by atomic mass is 10.2. The monoisotopic (exact) mass is 561 g/mol. The van der Waals surface area contributed by atoms with E-state index < -0.39 is 36.8 Å². The fourth-order valence-corrected chi connectivity index (χ4v) is 6.00. The number of alkyl halides is 3. The standard InChI is InChI=1S/C24H23ClF3NO5S2/c1-17(2)15-29(35(30,31)22-11-9-20(25)10-12-22)16-18-5-3-7-21(13-18)34-36(32,33)23-8-4-6-19(14-23)24(26,27)28/h3-14,17H,15-16H2,1-2H3. The van der Waals surface area contributed by atoms with Gasteiger partial charge in [0.2, 0.25) is 10.0 Å². The van der Waals surface area contributed by atoms with E-state index in [2.05, 4.69) is 0 Å². The van der Waals surface area contributed by atoms with Gasteiger partial charge in [0.25, 0.3) is 0 Å². The highest BCUT2D eigenvalue weighted by atomic mass is 35.5. The summed E-state index contributed by atoms with van der Waals surface area (Å²) in [7, 11) is -8.49. The van der Waals surface area contributed by atoms with Crippen molar-refractivity contribution in [3.05, 3.63) is 88.9 Å². The van der Waals surface area contributed by atoms with Gasteiger partial charge in [-0.25, -0.2) is 8.42 Å². The van der Waals surface area contributed by atoms with E-state index in [0.717, 1.165) is 18.2 Å². The van der Waals surface area contributed by atoms with Gasteiger partial charge >= 0.3 is 16.3 Å². The third kappa shape index (κ3) is 7.00. The van der Waals surface area contributed by atoms with Crippen LogP contribution in [0.3, 0.4) is 0 Å². The van der Waals surface area contributed by atoms with Crippen molar-refractivity contribution in [2.45, 2.75) is 36.4 Å². The second-order valence-electron chi connectivity index (χ2n) is 8.36. The summed E-state index contributed by atoms with van der Waals surface area (Å²) in [5.41, 5.74) is -0.706.